The highest BCUT2D eigenvalue weighted by Gasteiger charge is 2.62. The van der Waals surface area contributed by atoms with E-state index in [0.717, 1.165) is 0 Å². The molecule has 1 fully saturated rings. The monoisotopic (exact) mass is 367 g/mol. The lowest BCUT2D eigenvalue weighted by Gasteiger charge is -2.34. The van der Waals surface area contributed by atoms with Crippen LogP contribution in [-0.2, 0) is 9.53 Å². The fraction of sp³-hybridized carbons (Fsp3) is 0.600. The third-order valence-electron chi connectivity index (χ3n) is 4.45. The SMILES string of the molecule is CC(C)(C)C(=O)[C@@]1(O)[C@@H](CO)O[C@@H](n2cnc3c(=O)[nH]c(N)nc32)[C@@H]1O. The third-order valence-corrected chi connectivity index (χ3v) is 4.45. The second-order valence-corrected chi connectivity index (χ2v) is 7.32. The van der Waals surface area contributed by atoms with Crippen molar-refractivity contribution in [2.75, 3.05) is 12.3 Å². The number of ether oxygens (including phenoxy) is 1. The van der Waals surface area contributed by atoms with Crippen molar-refractivity contribution in [3.05, 3.63) is 16.7 Å². The minimum absolute atomic E-state index is 0.0134. The van der Waals surface area contributed by atoms with Gasteiger partial charge in [0, 0.05) is 5.41 Å². The van der Waals surface area contributed by atoms with Crippen LogP contribution in [0.25, 0.3) is 11.2 Å². The Bertz CT molecular complexity index is 915. The van der Waals surface area contributed by atoms with Crippen LogP contribution in [0.15, 0.2) is 11.1 Å². The molecule has 0 bridgehead atoms. The molecule has 0 saturated carbocycles. The Morgan fingerprint density at radius 1 is 1.50 bits per heavy atom. The Hall–Kier alpha value is -2.34. The maximum Gasteiger partial charge on any atom is 0.280 e. The molecule has 0 radical (unpaired) electrons. The number of carbonyl (C=O) groups is 1. The van der Waals surface area contributed by atoms with E-state index in [0.29, 0.717) is 0 Å². The highest BCUT2D eigenvalue weighted by Crippen LogP contribution is 2.42. The van der Waals surface area contributed by atoms with Crippen molar-refractivity contribution in [2.45, 2.75) is 44.8 Å². The van der Waals surface area contributed by atoms with E-state index in [1.807, 2.05) is 0 Å². The normalized spacial score (nSPS) is 29.4. The number of imidazole rings is 1. The first-order valence-corrected chi connectivity index (χ1v) is 7.95. The van der Waals surface area contributed by atoms with Gasteiger partial charge in [-0.1, -0.05) is 20.8 Å². The molecule has 1 saturated heterocycles. The summed E-state index contributed by atoms with van der Waals surface area (Å²) in [7, 11) is 0. The van der Waals surface area contributed by atoms with Crippen LogP contribution in [-0.4, -0.2) is 65.0 Å². The number of nitrogens with one attached hydrogen (secondary N) is 1. The quantitative estimate of drug-likeness (QED) is 0.423. The molecule has 3 heterocycles. The van der Waals surface area contributed by atoms with Crippen LogP contribution in [0.1, 0.15) is 27.0 Å². The average Bonchev–Trinajstić information content (AvgIpc) is 3.06. The van der Waals surface area contributed by atoms with Crippen molar-refractivity contribution in [2.24, 2.45) is 5.41 Å². The minimum atomic E-state index is -2.35. The van der Waals surface area contributed by atoms with E-state index in [9.17, 15) is 24.9 Å². The number of nitrogens with two attached hydrogens (primary N) is 1. The van der Waals surface area contributed by atoms with Gasteiger partial charge in [0.05, 0.1) is 12.9 Å². The first-order chi connectivity index (χ1) is 12.0. The molecule has 0 amide bonds. The van der Waals surface area contributed by atoms with E-state index in [1.54, 1.807) is 20.8 Å². The Morgan fingerprint density at radius 3 is 2.73 bits per heavy atom. The molecular weight excluding hydrogens is 346 g/mol. The summed E-state index contributed by atoms with van der Waals surface area (Å²) in [5, 5.41) is 31.2. The minimum Gasteiger partial charge on any atom is -0.394 e. The lowest BCUT2D eigenvalue weighted by Crippen LogP contribution is -2.59. The molecule has 142 valence electrons. The first-order valence-electron chi connectivity index (χ1n) is 7.95. The molecule has 0 spiro atoms. The number of aliphatic hydroxyl groups is 3. The predicted molar refractivity (Wildman–Crippen MR) is 89.0 cm³/mol. The zero-order chi connectivity index (χ0) is 19.4. The number of anilines is 1. The van der Waals surface area contributed by atoms with E-state index >= 15 is 0 Å². The molecule has 26 heavy (non-hydrogen) atoms. The highest BCUT2D eigenvalue weighted by molar-refractivity contribution is 5.93. The summed E-state index contributed by atoms with van der Waals surface area (Å²) >= 11 is 0. The van der Waals surface area contributed by atoms with E-state index in [4.69, 9.17) is 10.5 Å². The predicted octanol–water partition coefficient (Wildman–Crippen LogP) is -1.70. The Kier molecular flexibility index (Phi) is 4.15. The van der Waals surface area contributed by atoms with Crippen LogP contribution in [0.3, 0.4) is 0 Å². The zero-order valence-corrected chi connectivity index (χ0v) is 14.5. The van der Waals surface area contributed by atoms with Crippen LogP contribution < -0.4 is 11.3 Å². The van der Waals surface area contributed by atoms with Gasteiger partial charge in [-0.15, -0.1) is 0 Å². The van der Waals surface area contributed by atoms with Crippen molar-refractivity contribution >= 4 is 22.9 Å². The Morgan fingerprint density at radius 2 is 2.15 bits per heavy atom. The Labute approximate surface area is 147 Å². The lowest BCUT2D eigenvalue weighted by molar-refractivity contribution is -0.162. The molecule has 11 nitrogen and oxygen atoms in total. The summed E-state index contributed by atoms with van der Waals surface area (Å²) < 4.78 is 6.74. The van der Waals surface area contributed by atoms with E-state index < -0.39 is 47.4 Å². The molecule has 0 unspecified atom stereocenters. The van der Waals surface area contributed by atoms with E-state index in [1.165, 1.54) is 10.9 Å². The molecule has 6 N–H and O–H groups in total. The third kappa shape index (κ3) is 2.51. The smallest absolute Gasteiger partial charge is 0.280 e. The highest BCUT2D eigenvalue weighted by atomic mass is 16.6. The molecule has 4 atom stereocenters. The summed E-state index contributed by atoms with van der Waals surface area (Å²) in [6, 6.07) is 0. The lowest BCUT2D eigenvalue weighted by atomic mass is 9.75. The number of Topliss-reactive ketones (excluding diaryl/α,β-unsaturated/α-hetero) is 1. The fourth-order valence-corrected chi connectivity index (χ4v) is 3.16. The van der Waals surface area contributed by atoms with E-state index in [-0.39, 0.29) is 17.1 Å². The number of rotatable bonds is 3. The zero-order valence-electron chi connectivity index (χ0n) is 14.5. The number of hydrogen-bond donors (Lipinski definition) is 5. The average molecular weight is 367 g/mol. The topological polar surface area (TPSA) is 177 Å². The standard InChI is InChI=1S/C15H21N5O6/c1-14(2,3)12(24)15(25)6(4-21)26-11(8(15)22)20-5-17-7-9(20)18-13(16)19-10(7)23/h5-6,8,11,21-22,25H,4H2,1-3H3,(H3,16,18,19,23)/t6-,8+,11-,15-/m1/s1. The number of H-pyrrole nitrogens is 1. The Balaban J connectivity index is 2.11. The van der Waals surface area contributed by atoms with Crippen LogP contribution in [0.4, 0.5) is 5.95 Å². The largest absolute Gasteiger partial charge is 0.394 e. The van der Waals surface area contributed by atoms with Gasteiger partial charge >= 0.3 is 0 Å². The van der Waals surface area contributed by atoms with Crippen molar-refractivity contribution in [1.29, 1.82) is 0 Å². The van der Waals surface area contributed by atoms with Crippen LogP contribution >= 0.6 is 0 Å². The number of hydrogen-bond acceptors (Lipinski definition) is 9. The van der Waals surface area contributed by atoms with E-state index in [2.05, 4.69) is 15.0 Å². The summed E-state index contributed by atoms with van der Waals surface area (Å²) in [6.07, 6.45) is -3.22. The number of nitrogen functional groups attached to an aromatic ring is 1. The van der Waals surface area contributed by atoms with Crippen LogP contribution in [0, 0.1) is 5.41 Å². The molecule has 0 aliphatic carbocycles. The number of aromatic nitrogens is 4. The summed E-state index contributed by atoms with van der Waals surface area (Å²) in [6.45, 7) is 4.04. The van der Waals surface area contributed by atoms with Crippen molar-refractivity contribution < 1.29 is 24.9 Å². The maximum absolute atomic E-state index is 12.7. The van der Waals surface area contributed by atoms with Crippen molar-refractivity contribution in [1.82, 2.24) is 19.5 Å². The molecule has 0 aromatic carbocycles. The second kappa shape index (κ2) is 5.84. The second-order valence-electron chi connectivity index (χ2n) is 7.32. The van der Waals surface area contributed by atoms with Gasteiger partial charge in [0.2, 0.25) is 5.95 Å². The summed E-state index contributed by atoms with van der Waals surface area (Å²) in [4.78, 5) is 34.8. The van der Waals surface area contributed by atoms with Crippen molar-refractivity contribution in [3.8, 4) is 0 Å². The van der Waals surface area contributed by atoms with Gasteiger partial charge in [0.15, 0.2) is 28.8 Å². The number of aliphatic hydroxyl groups excluding tert-OH is 2. The van der Waals surface area contributed by atoms with Crippen LogP contribution in [0.5, 0.6) is 0 Å². The van der Waals surface area contributed by atoms with Crippen molar-refractivity contribution in [3.63, 3.8) is 0 Å². The number of carbonyl (C=O) groups excluding carboxylic acids is 1. The number of aromatic amines is 1. The summed E-state index contributed by atoms with van der Waals surface area (Å²) in [5.74, 6) is -0.856. The molecule has 1 aliphatic heterocycles. The molecule has 2 aromatic rings. The molecule has 3 rings (SSSR count). The fourth-order valence-electron chi connectivity index (χ4n) is 3.16. The molecular formula is C15H21N5O6. The molecule has 11 heteroatoms. The van der Waals surface area contributed by atoms with Gasteiger partial charge in [-0.3, -0.25) is 19.1 Å². The van der Waals surface area contributed by atoms with Gasteiger partial charge in [-0.2, -0.15) is 4.98 Å². The van der Waals surface area contributed by atoms with Gasteiger partial charge in [0.25, 0.3) is 5.56 Å². The van der Waals surface area contributed by atoms with Gasteiger partial charge < -0.3 is 25.8 Å². The van der Waals surface area contributed by atoms with Gasteiger partial charge in [0.1, 0.15) is 12.2 Å². The first kappa shape index (κ1) is 18.5. The number of ketones is 1. The molecule has 1 aliphatic rings. The number of fused-ring (bicyclic) bond motifs is 1. The summed E-state index contributed by atoms with van der Waals surface area (Å²) in [5.41, 5.74) is 1.58. The maximum atomic E-state index is 12.7. The number of nitrogens with zero attached hydrogens (tertiary/aromatic N) is 3. The molecule has 2 aromatic heterocycles. The van der Waals surface area contributed by atoms with Gasteiger partial charge in [-0.25, -0.2) is 4.98 Å². The van der Waals surface area contributed by atoms with Gasteiger partial charge in [-0.05, 0) is 0 Å². The van der Waals surface area contributed by atoms with Crippen LogP contribution in [0.2, 0.25) is 0 Å².